The maximum Gasteiger partial charge on any atom is 0.151 e. The van der Waals surface area contributed by atoms with Crippen molar-refractivity contribution in [2.24, 2.45) is 25.4 Å². The van der Waals surface area contributed by atoms with Crippen LogP contribution in [-0.4, -0.2) is 39.9 Å². The summed E-state index contributed by atoms with van der Waals surface area (Å²) in [5, 5.41) is 41.3. The van der Waals surface area contributed by atoms with Gasteiger partial charge in [-0.15, -0.1) is 10.2 Å². The van der Waals surface area contributed by atoms with Crippen LogP contribution in [0.2, 0.25) is 0 Å². The highest BCUT2D eigenvalue weighted by atomic mass is 16.5. The van der Waals surface area contributed by atoms with Gasteiger partial charge in [0.15, 0.2) is 11.6 Å². The number of nitrogens with one attached hydrogen (secondary N) is 3. The van der Waals surface area contributed by atoms with Crippen LogP contribution in [0, 0.1) is 5.41 Å². The minimum Gasteiger partial charge on any atom is -0.382 e. The molecule has 0 aliphatic carbocycles. The number of amidine groups is 2. The smallest absolute Gasteiger partial charge is 0.151 e. The van der Waals surface area contributed by atoms with Gasteiger partial charge in [-0.25, -0.2) is 9.97 Å². The number of rotatable bonds is 7. The van der Waals surface area contributed by atoms with Gasteiger partial charge in [0.05, 0.1) is 11.4 Å². The fraction of sp³-hybridized carbons (Fsp3) is 0.0857. The van der Waals surface area contributed by atoms with Crippen molar-refractivity contribution in [2.45, 2.75) is 5.92 Å². The van der Waals surface area contributed by atoms with Crippen molar-refractivity contribution in [1.29, 1.82) is 5.41 Å². The largest absolute Gasteiger partial charge is 0.382 e. The van der Waals surface area contributed by atoms with Crippen molar-refractivity contribution in [3.05, 3.63) is 120 Å². The number of nitrogens with two attached hydrogens (primary N) is 2. The topological polar surface area (TPSA) is 208 Å². The quantitative estimate of drug-likeness (QED) is 0.0459. The predicted molar refractivity (Wildman–Crippen MR) is 187 cm³/mol. The molecule has 7 rings (SSSR count). The Morgan fingerprint density at radius 1 is 0.750 bits per heavy atom. The highest BCUT2D eigenvalue weighted by molar-refractivity contribution is 6.01. The van der Waals surface area contributed by atoms with E-state index in [1.165, 1.54) is 0 Å². The fourth-order valence-corrected chi connectivity index (χ4v) is 5.60. The Hall–Kier alpha value is -6.60. The van der Waals surface area contributed by atoms with E-state index in [-0.39, 0.29) is 17.6 Å². The highest BCUT2D eigenvalue weighted by Crippen LogP contribution is 2.36. The molecule has 1 aliphatic rings. The second kappa shape index (κ2) is 13.0. The molecule has 0 bridgehead atoms. The summed E-state index contributed by atoms with van der Waals surface area (Å²) in [6.45, 7) is 1.26. The Labute approximate surface area is 274 Å². The lowest BCUT2D eigenvalue weighted by atomic mass is 9.92. The fourth-order valence-electron chi connectivity index (χ4n) is 5.60. The number of azo groups is 2. The number of hydrogen-bond donors (Lipinski definition) is 6. The maximum absolute atomic E-state index is 8.95. The molecule has 48 heavy (non-hydrogen) atoms. The third-order valence-electron chi connectivity index (χ3n) is 8.14. The molecule has 1 unspecified atom stereocenters. The van der Waals surface area contributed by atoms with Gasteiger partial charge in [-0.1, -0.05) is 42.5 Å². The zero-order valence-electron chi connectivity index (χ0n) is 25.5. The predicted octanol–water partition coefficient (Wildman–Crippen LogP) is 7.22. The van der Waals surface area contributed by atoms with E-state index in [1.54, 1.807) is 36.7 Å². The Balaban J connectivity index is 1.08. The van der Waals surface area contributed by atoms with Crippen LogP contribution in [0.15, 0.2) is 129 Å². The molecule has 1 aliphatic heterocycles. The zero-order chi connectivity index (χ0) is 33.0. The summed E-state index contributed by atoms with van der Waals surface area (Å²) in [7, 11) is 0. The first-order valence-electron chi connectivity index (χ1n) is 15.1. The number of hydroxylamine groups is 1. The molecule has 0 saturated heterocycles. The number of nitrogen functional groups attached to an aromatic ring is 2. The van der Waals surface area contributed by atoms with Crippen molar-refractivity contribution >= 4 is 67.6 Å². The standard InChI is InChI=1S/C35H30N12O/c36-32(47-48)20-8-12-24(13-9-20)44-46-31-28-7-3-6-26(29(28)19-40-34(31)38)23-17-41-35(42-18-23)21-10-14-25(15-11-21)43-45-30-27-5-2-1-4-22(27)16-39-33(30)37/h1-16,19,23,48H,17-18H2,(H2,36,47)(H2,37,39)(H2,38,40)(H,41,42)/b45-43+,46-44+. The lowest BCUT2D eigenvalue weighted by molar-refractivity contribution is 0.234. The van der Waals surface area contributed by atoms with Crippen molar-refractivity contribution < 1.29 is 5.21 Å². The summed E-state index contributed by atoms with van der Waals surface area (Å²) >= 11 is 0. The molecular formula is C35H30N12O. The van der Waals surface area contributed by atoms with Crippen LogP contribution in [0.25, 0.3) is 21.5 Å². The Bertz CT molecular complexity index is 2250. The number of nitrogens with zero attached hydrogens (tertiary/aromatic N) is 7. The second-order valence-corrected chi connectivity index (χ2v) is 11.1. The van der Waals surface area contributed by atoms with Crippen LogP contribution < -0.4 is 22.3 Å². The number of aliphatic imine (C=N–C) groups is 1. The molecule has 1 atom stereocenters. The van der Waals surface area contributed by atoms with Gasteiger partial charge >= 0.3 is 0 Å². The summed E-state index contributed by atoms with van der Waals surface area (Å²) < 4.78 is 0. The molecule has 6 aromatic rings. The first-order chi connectivity index (χ1) is 23.5. The highest BCUT2D eigenvalue weighted by Gasteiger charge is 2.21. The lowest BCUT2D eigenvalue weighted by Gasteiger charge is -2.24. The number of pyridine rings is 2. The minimum absolute atomic E-state index is 0.100. The molecule has 0 saturated carbocycles. The third-order valence-corrected chi connectivity index (χ3v) is 8.14. The second-order valence-electron chi connectivity index (χ2n) is 11.1. The number of benzene rings is 4. The Morgan fingerprint density at radius 2 is 1.40 bits per heavy atom. The summed E-state index contributed by atoms with van der Waals surface area (Å²) in [6, 6.07) is 28.3. The lowest BCUT2D eigenvalue weighted by Crippen LogP contribution is -2.35. The van der Waals surface area contributed by atoms with Crippen LogP contribution in [0.5, 0.6) is 0 Å². The van der Waals surface area contributed by atoms with E-state index in [9.17, 15) is 0 Å². The molecule has 0 radical (unpaired) electrons. The molecule has 13 nitrogen and oxygen atoms in total. The van der Waals surface area contributed by atoms with Gasteiger partial charge in [-0.3, -0.25) is 21.1 Å². The van der Waals surface area contributed by atoms with Gasteiger partial charge in [0.1, 0.15) is 23.0 Å². The SMILES string of the molecule is N=C(NO)c1ccc(/N=N/c2c(N)ncc3c(C4CN=C(c5ccc(/N=N/c6c(N)ncc7ccccc67)cc5)NC4)cccc23)cc1. The molecule has 0 fully saturated rings. The van der Waals surface area contributed by atoms with Gasteiger partial charge < -0.3 is 16.8 Å². The van der Waals surface area contributed by atoms with E-state index in [2.05, 4.69) is 41.8 Å². The van der Waals surface area contributed by atoms with E-state index < -0.39 is 0 Å². The number of anilines is 2. The Morgan fingerprint density at radius 3 is 2.08 bits per heavy atom. The summed E-state index contributed by atoms with van der Waals surface area (Å²) in [5.41, 5.74) is 19.0. The van der Waals surface area contributed by atoms with Gasteiger partial charge in [-0.05, 0) is 54.1 Å². The molecule has 3 heterocycles. The van der Waals surface area contributed by atoms with Gasteiger partial charge in [0.25, 0.3) is 0 Å². The molecule has 2 aromatic heterocycles. The van der Waals surface area contributed by atoms with Gasteiger partial charge in [-0.2, -0.15) is 10.2 Å². The first-order valence-corrected chi connectivity index (χ1v) is 15.1. The van der Waals surface area contributed by atoms with E-state index in [0.717, 1.165) is 38.5 Å². The third kappa shape index (κ3) is 6.00. The number of aromatic nitrogens is 2. The minimum atomic E-state index is -0.111. The summed E-state index contributed by atoms with van der Waals surface area (Å²) in [5.74, 6) is 1.40. The molecule has 0 spiro atoms. The van der Waals surface area contributed by atoms with E-state index >= 15 is 0 Å². The zero-order valence-corrected chi connectivity index (χ0v) is 25.5. The van der Waals surface area contributed by atoms with Crippen LogP contribution in [0.1, 0.15) is 22.6 Å². The van der Waals surface area contributed by atoms with Crippen molar-refractivity contribution in [3.8, 4) is 0 Å². The summed E-state index contributed by atoms with van der Waals surface area (Å²) in [4.78, 5) is 13.5. The van der Waals surface area contributed by atoms with E-state index in [1.807, 2.05) is 66.1 Å². The van der Waals surface area contributed by atoms with Crippen molar-refractivity contribution in [2.75, 3.05) is 24.6 Å². The molecule has 8 N–H and O–H groups in total. The molecule has 236 valence electrons. The molecular weight excluding hydrogens is 604 g/mol. The van der Waals surface area contributed by atoms with E-state index in [0.29, 0.717) is 47.2 Å². The monoisotopic (exact) mass is 634 g/mol. The maximum atomic E-state index is 8.95. The average molecular weight is 635 g/mol. The van der Waals surface area contributed by atoms with Gasteiger partial charge in [0.2, 0.25) is 0 Å². The van der Waals surface area contributed by atoms with Crippen LogP contribution in [-0.2, 0) is 0 Å². The first kappa shape index (κ1) is 30.1. The van der Waals surface area contributed by atoms with Crippen LogP contribution in [0.3, 0.4) is 0 Å². The molecule has 0 amide bonds. The van der Waals surface area contributed by atoms with Crippen molar-refractivity contribution in [3.63, 3.8) is 0 Å². The van der Waals surface area contributed by atoms with E-state index in [4.69, 9.17) is 27.1 Å². The average Bonchev–Trinajstić information content (AvgIpc) is 3.14. The number of fused-ring (bicyclic) bond motifs is 2. The van der Waals surface area contributed by atoms with Crippen LogP contribution in [0.4, 0.5) is 34.4 Å². The Kier molecular flexibility index (Phi) is 8.16. The molecule has 13 heteroatoms. The normalized spacial score (nSPS) is 14.8. The summed E-state index contributed by atoms with van der Waals surface area (Å²) in [6.07, 6.45) is 3.50. The van der Waals surface area contributed by atoms with Crippen LogP contribution >= 0.6 is 0 Å². The van der Waals surface area contributed by atoms with Gasteiger partial charge in [0, 0.05) is 64.1 Å². The number of hydrogen-bond acceptors (Lipinski definition) is 12. The van der Waals surface area contributed by atoms with Crippen molar-refractivity contribution in [1.82, 2.24) is 20.8 Å². The molecule has 4 aromatic carbocycles.